The summed E-state index contributed by atoms with van der Waals surface area (Å²) in [7, 11) is 0. The largest absolute Gasteiger partial charge is 0.474 e. The third-order valence-corrected chi connectivity index (χ3v) is 2.32. The first-order valence-corrected chi connectivity index (χ1v) is 5.26. The second-order valence-corrected chi connectivity index (χ2v) is 3.77. The fraction of sp³-hybridized carbons (Fsp3) is 0.556. The average Bonchev–Trinajstić information content (AvgIpc) is 2.38. The van der Waals surface area contributed by atoms with Crippen molar-refractivity contribution in [3.8, 4) is 5.88 Å². The van der Waals surface area contributed by atoms with Crippen LogP contribution in [0.5, 0.6) is 5.88 Å². The maximum Gasteiger partial charge on any atom is 0.328 e. The predicted octanol–water partition coefficient (Wildman–Crippen LogP) is -3.48. The zero-order valence-corrected chi connectivity index (χ0v) is 11.0. The summed E-state index contributed by atoms with van der Waals surface area (Å²) in [4.78, 5) is 26.0. The standard InChI is InChI=1S/C9H15N3O7.ClH/c10-5-7(17)11-9(18)12-8(5)19-2-4(15)6(16)3(14)1-13;/h3-4,6,13-16H,1-2,10H2,(H2,11,12,17,18);1H/t3-,4+,6-;/m1./s1. The van der Waals surface area contributed by atoms with Crippen LogP contribution in [0.4, 0.5) is 5.69 Å². The normalized spacial score (nSPS) is 15.0. The molecular weight excluding hydrogens is 298 g/mol. The van der Waals surface area contributed by atoms with Crippen molar-refractivity contribution in [3.63, 3.8) is 0 Å². The van der Waals surface area contributed by atoms with E-state index in [1.807, 2.05) is 4.98 Å². The first-order chi connectivity index (χ1) is 8.86. The number of aromatic amines is 2. The Labute approximate surface area is 118 Å². The lowest BCUT2D eigenvalue weighted by Crippen LogP contribution is -2.42. The summed E-state index contributed by atoms with van der Waals surface area (Å²) in [6.07, 6.45) is -4.75. The summed E-state index contributed by atoms with van der Waals surface area (Å²) < 4.78 is 4.87. The van der Waals surface area contributed by atoms with Crippen molar-refractivity contribution >= 4 is 18.1 Å². The second-order valence-electron chi connectivity index (χ2n) is 3.77. The van der Waals surface area contributed by atoms with E-state index in [1.165, 1.54) is 0 Å². The minimum Gasteiger partial charge on any atom is -0.474 e. The molecule has 1 aromatic heterocycles. The van der Waals surface area contributed by atoms with E-state index in [4.69, 9.17) is 20.7 Å². The zero-order chi connectivity index (χ0) is 14.6. The summed E-state index contributed by atoms with van der Waals surface area (Å²) in [5.74, 6) is -0.363. The lowest BCUT2D eigenvalue weighted by atomic mass is 10.1. The van der Waals surface area contributed by atoms with Gasteiger partial charge in [0, 0.05) is 0 Å². The van der Waals surface area contributed by atoms with Gasteiger partial charge in [-0.2, -0.15) is 0 Å². The predicted molar refractivity (Wildman–Crippen MR) is 69.9 cm³/mol. The van der Waals surface area contributed by atoms with Crippen LogP contribution in [0.3, 0.4) is 0 Å². The number of nitrogens with two attached hydrogens (primary N) is 1. The first-order valence-electron chi connectivity index (χ1n) is 5.26. The fourth-order valence-electron chi connectivity index (χ4n) is 1.22. The van der Waals surface area contributed by atoms with Crippen molar-refractivity contribution in [2.75, 3.05) is 18.9 Å². The van der Waals surface area contributed by atoms with Gasteiger partial charge < -0.3 is 30.9 Å². The molecule has 0 saturated heterocycles. The van der Waals surface area contributed by atoms with E-state index in [9.17, 15) is 19.8 Å². The molecule has 20 heavy (non-hydrogen) atoms. The first kappa shape index (κ1) is 18.4. The summed E-state index contributed by atoms with van der Waals surface area (Å²) in [6, 6.07) is 0. The fourth-order valence-corrected chi connectivity index (χ4v) is 1.22. The van der Waals surface area contributed by atoms with E-state index in [0.717, 1.165) is 0 Å². The topological polar surface area (TPSA) is 182 Å². The molecule has 0 radical (unpaired) electrons. The zero-order valence-electron chi connectivity index (χ0n) is 10.1. The number of hydrogen-bond acceptors (Lipinski definition) is 8. The molecule has 116 valence electrons. The van der Waals surface area contributed by atoms with Crippen molar-refractivity contribution in [2.45, 2.75) is 18.3 Å². The number of nitrogen functional groups attached to an aromatic ring is 1. The number of aliphatic hydroxyl groups excluding tert-OH is 4. The van der Waals surface area contributed by atoms with Crippen LogP contribution in [0, 0.1) is 0 Å². The number of hydrogen-bond donors (Lipinski definition) is 7. The van der Waals surface area contributed by atoms with E-state index < -0.39 is 48.5 Å². The van der Waals surface area contributed by atoms with Gasteiger partial charge in [0.1, 0.15) is 24.9 Å². The van der Waals surface area contributed by atoms with Gasteiger partial charge in [-0.1, -0.05) is 0 Å². The van der Waals surface area contributed by atoms with Crippen LogP contribution in [0.2, 0.25) is 0 Å². The summed E-state index contributed by atoms with van der Waals surface area (Å²) in [5.41, 5.74) is 3.22. The quantitative estimate of drug-likeness (QED) is 0.282. The molecule has 0 aliphatic heterocycles. The van der Waals surface area contributed by atoms with Crippen LogP contribution in [-0.4, -0.2) is 61.9 Å². The molecule has 0 amide bonds. The molecule has 0 aromatic carbocycles. The van der Waals surface area contributed by atoms with Crippen LogP contribution < -0.4 is 21.7 Å². The Morgan fingerprint density at radius 2 is 1.75 bits per heavy atom. The molecule has 0 aliphatic carbocycles. The molecule has 10 nitrogen and oxygen atoms in total. The number of rotatable bonds is 6. The van der Waals surface area contributed by atoms with Crippen molar-refractivity contribution in [3.05, 3.63) is 20.8 Å². The minimum absolute atomic E-state index is 0. The monoisotopic (exact) mass is 313 g/mol. The van der Waals surface area contributed by atoms with Gasteiger partial charge in [-0.15, -0.1) is 12.4 Å². The van der Waals surface area contributed by atoms with E-state index in [2.05, 4.69) is 4.98 Å². The van der Waals surface area contributed by atoms with Crippen LogP contribution in [0.1, 0.15) is 0 Å². The Hall–Kier alpha value is -1.59. The van der Waals surface area contributed by atoms with Gasteiger partial charge in [-0.05, 0) is 0 Å². The van der Waals surface area contributed by atoms with Gasteiger partial charge in [0.05, 0.1) is 6.61 Å². The number of anilines is 1. The smallest absolute Gasteiger partial charge is 0.328 e. The van der Waals surface area contributed by atoms with E-state index in [0.29, 0.717) is 0 Å². The second kappa shape index (κ2) is 7.87. The highest BCUT2D eigenvalue weighted by atomic mass is 35.5. The molecule has 0 spiro atoms. The Morgan fingerprint density at radius 1 is 1.15 bits per heavy atom. The Bertz CT molecular complexity index is 531. The molecule has 0 bridgehead atoms. The van der Waals surface area contributed by atoms with Crippen LogP contribution in [0.25, 0.3) is 0 Å². The van der Waals surface area contributed by atoms with Gasteiger partial charge in [0.15, 0.2) is 5.69 Å². The van der Waals surface area contributed by atoms with E-state index in [1.54, 1.807) is 0 Å². The number of H-pyrrole nitrogens is 2. The number of aliphatic hydroxyl groups is 4. The number of halogens is 1. The van der Waals surface area contributed by atoms with Crippen molar-refractivity contribution in [1.82, 2.24) is 9.97 Å². The van der Waals surface area contributed by atoms with Crippen LogP contribution in [0.15, 0.2) is 9.59 Å². The Morgan fingerprint density at radius 3 is 2.30 bits per heavy atom. The third-order valence-electron chi connectivity index (χ3n) is 2.32. The maximum absolute atomic E-state index is 11.1. The van der Waals surface area contributed by atoms with Crippen LogP contribution in [-0.2, 0) is 0 Å². The van der Waals surface area contributed by atoms with Gasteiger partial charge in [0.2, 0.25) is 5.88 Å². The molecule has 0 unspecified atom stereocenters. The van der Waals surface area contributed by atoms with E-state index in [-0.39, 0.29) is 18.3 Å². The molecule has 0 saturated carbocycles. The molecular formula is C9H16ClN3O7. The summed E-state index contributed by atoms with van der Waals surface area (Å²) in [5, 5.41) is 36.4. The van der Waals surface area contributed by atoms with Gasteiger partial charge in [-0.3, -0.25) is 14.8 Å². The molecule has 0 fully saturated rings. The third kappa shape index (κ3) is 4.51. The summed E-state index contributed by atoms with van der Waals surface area (Å²) >= 11 is 0. The van der Waals surface area contributed by atoms with Gasteiger partial charge in [0.25, 0.3) is 5.56 Å². The highest BCUT2D eigenvalue weighted by Crippen LogP contribution is 2.10. The van der Waals surface area contributed by atoms with Crippen molar-refractivity contribution < 1.29 is 25.2 Å². The lowest BCUT2D eigenvalue weighted by Gasteiger charge is -2.21. The molecule has 3 atom stereocenters. The molecule has 1 heterocycles. The summed E-state index contributed by atoms with van der Waals surface area (Å²) in [6.45, 7) is -1.30. The highest BCUT2D eigenvalue weighted by Gasteiger charge is 2.25. The minimum atomic E-state index is -1.65. The lowest BCUT2D eigenvalue weighted by molar-refractivity contribution is -0.0874. The molecule has 1 rings (SSSR count). The van der Waals surface area contributed by atoms with Gasteiger partial charge >= 0.3 is 5.69 Å². The van der Waals surface area contributed by atoms with Gasteiger partial charge in [-0.25, -0.2) is 4.79 Å². The molecule has 11 heteroatoms. The van der Waals surface area contributed by atoms with Crippen LogP contribution >= 0.6 is 12.4 Å². The Balaban J connectivity index is 0.00000361. The number of nitrogens with one attached hydrogen (secondary N) is 2. The number of ether oxygens (including phenoxy) is 1. The molecule has 8 N–H and O–H groups in total. The van der Waals surface area contributed by atoms with Crippen molar-refractivity contribution in [1.29, 1.82) is 0 Å². The highest BCUT2D eigenvalue weighted by molar-refractivity contribution is 5.85. The Kier molecular flexibility index (Phi) is 7.24. The molecule has 0 aliphatic rings. The average molecular weight is 314 g/mol. The maximum atomic E-state index is 11.1. The molecule has 1 aromatic rings. The number of aromatic nitrogens is 2. The SMILES string of the molecule is Cl.Nc1c(OC[C@H](O)[C@H](O)[C@H](O)CO)[nH]c(=O)[nH]c1=O. The van der Waals surface area contributed by atoms with Crippen molar-refractivity contribution in [2.24, 2.45) is 0 Å². The van der Waals surface area contributed by atoms with E-state index >= 15 is 0 Å².